The van der Waals surface area contributed by atoms with Crippen LogP contribution in [0.4, 0.5) is 8.78 Å². The molecule has 0 heterocycles. The molecule has 3 nitrogen and oxygen atoms in total. The standard InChI is InChI=1S/C10H9BrF2O3/c1-15-7-3-5(10(14)16-2)8(12)6(4-11)9(7)13/h3H,4H2,1-2H3. The lowest BCUT2D eigenvalue weighted by molar-refractivity contribution is 0.0594. The lowest BCUT2D eigenvalue weighted by Crippen LogP contribution is -2.09. The summed E-state index contributed by atoms with van der Waals surface area (Å²) < 4.78 is 36.3. The Morgan fingerprint density at radius 2 is 2.00 bits per heavy atom. The summed E-state index contributed by atoms with van der Waals surface area (Å²) in [5.74, 6) is -2.85. The maximum Gasteiger partial charge on any atom is 0.340 e. The van der Waals surface area contributed by atoms with Crippen molar-refractivity contribution in [2.45, 2.75) is 5.33 Å². The van der Waals surface area contributed by atoms with Gasteiger partial charge in [-0.2, -0.15) is 0 Å². The highest BCUT2D eigenvalue weighted by atomic mass is 79.9. The van der Waals surface area contributed by atoms with Crippen molar-refractivity contribution in [1.82, 2.24) is 0 Å². The van der Waals surface area contributed by atoms with E-state index >= 15 is 0 Å². The number of alkyl halides is 1. The van der Waals surface area contributed by atoms with E-state index < -0.39 is 17.6 Å². The first-order valence-corrected chi connectivity index (χ1v) is 5.38. The molecule has 0 bridgehead atoms. The van der Waals surface area contributed by atoms with Crippen molar-refractivity contribution in [2.75, 3.05) is 14.2 Å². The summed E-state index contributed by atoms with van der Waals surface area (Å²) in [5, 5.41) is -0.0636. The van der Waals surface area contributed by atoms with Gasteiger partial charge in [-0.25, -0.2) is 13.6 Å². The molecule has 1 rings (SSSR count). The van der Waals surface area contributed by atoms with E-state index in [-0.39, 0.29) is 22.2 Å². The van der Waals surface area contributed by atoms with E-state index in [0.717, 1.165) is 13.2 Å². The molecule has 1 aromatic rings. The van der Waals surface area contributed by atoms with Crippen LogP contribution < -0.4 is 4.74 Å². The Morgan fingerprint density at radius 1 is 1.38 bits per heavy atom. The van der Waals surface area contributed by atoms with Gasteiger partial charge in [0.1, 0.15) is 5.82 Å². The molecule has 0 aliphatic heterocycles. The molecule has 0 aliphatic rings. The molecule has 6 heteroatoms. The first kappa shape index (κ1) is 12.9. The lowest BCUT2D eigenvalue weighted by atomic mass is 10.1. The normalized spacial score (nSPS) is 10.1. The molecule has 0 spiro atoms. The highest BCUT2D eigenvalue weighted by Crippen LogP contribution is 2.28. The third kappa shape index (κ3) is 2.16. The van der Waals surface area contributed by atoms with Crippen LogP contribution in [-0.4, -0.2) is 20.2 Å². The Labute approximate surface area is 99.5 Å². The molecule has 1 aromatic carbocycles. The van der Waals surface area contributed by atoms with Gasteiger partial charge in [0.15, 0.2) is 11.6 Å². The maximum absolute atomic E-state index is 13.7. The highest BCUT2D eigenvalue weighted by Gasteiger charge is 2.22. The zero-order valence-corrected chi connectivity index (χ0v) is 10.2. The Kier molecular flexibility index (Phi) is 4.23. The van der Waals surface area contributed by atoms with E-state index in [9.17, 15) is 13.6 Å². The Bertz CT molecular complexity index is 421. The first-order chi connectivity index (χ1) is 7.56. The van der Waals surface area contributed by atoms with Crippen LogP contribution in [0.1, 0.15) is 15.9 Å². The van der Waals surface area contributed by atoms with E-state index in [4.69, 9.17) is 4.74 Å². The van der Waals surface area contributed by atoms with Crippen molar-refractivity contribution in [3.05, 3.63) is 28.8 Å². The zero-order valence-electron chi connectivity index (χ0n) is 8.64. The number of ether oxygens (including phenoxy) is 2. The Morgan fingerprint density at radius 3 is 2.44 bits per heavy atom. The molecule has 0 fully saturated rings. The fourth-order valence-electron chi connectivity index (χ4n) is 1.19. The number of hydrogen-bond acceptors (Lipinski definition) is 3. The van der Waals surface area contributed by atoms with Gasteiger partial charge in [-0.05, 0) is 0 Å². The van der Waals surface area contributed by atoms with E-state index in [1.807, 2.05) is 0 Å². The van der Waals surface area contributed by atoms with Gasteiger partial charge in [0.25, 0.3) is 0 Å². The van der Waals surface area contributed by atoms with Crippen molar-refractivity contribution in [3.63, 3.8) is 0 Å². The summed E-state index contributed by atoms with van der Waals surface area (Å²) in [7, 11) is 2.35. The minimum absolute atomic E-state index is 0.0636. The summed E-state index contributed by atoms with van der Waals surface area (Å²) in [6, 6.07) is 0.975. The Hall–Kier alpha value is -1.17. The fourth-order valence-corrected chi connectivity index (χ4v) is 1.68. The smallest absolute Gasteiger partial charge is 0.340 e. The first-order valence-electron chi connectivity index (χ1n) is 4.25. The topological polar surface area (TPSA) is 35.5 Å². The fraction of sp³-hybridized carbons (Fsp3) is 0.300. The average molecular weight is 295 g/mol. The monoisotopic (exact) mass is 294 g/mol. The van der Waals surface area contributed by atoms with Gasteiger partial charge in [0.2, 0.25) is 0 Å². The number of esters is 1. The second-order valence-electron chi connectivity index (χ2n) is 2.86. The van der Waals surface area contributed by atoms with E-state index in [1.54, 1.807) is 0 Å². The van der Waals surface area contributed by atoms with Crippen LogP contribution in [0.15, 0.2) is 6.07 Å². The largest absolute Gasteiger partial charge is 0.494 e. The molecule has 0 N–H and O–H groups in total. The molecule has 0 amide bonds. The molecular weight excluding hydrogens is 286 g/mol. The second-order valence-corrected chi connectivity index (χ2v) is 3.42. The number of benzene rings is 1. The van der Waals surface area contributed by atoms with Crippen molar-refractivity contribution in [2.24, 2.45) is 0 Å². The summed E-state index contributed by atoms with van der Waals surface area (Å²) >= 11 is 2.94. The molecule has 16 heavy (non-hydrogen) atoms. The van der Waals surface area contributed by atoms with E-state index in [2.05, 4.69) is 20.7 Å². The minimum atomic E-state index is -0.943. The highest BCUT2D eigenvalue weighted by molar-refractivity contribution is 9.08. The van der Waals surface area contributed by atoms with Crippen LogP contribution in [0.25, 0.3) is 0 Å². The molecule has 0 aliphatic carbocycles. The third-order valence-electron chi connectivity index (χ3n) is 2.02. The number of rotatable bonds is 3. The van der Waals surface area contributed by atoms with Crippen LogP contribution in [0.3, 0.4) is 0 Å². The van der Waals surface area contributed by atoms with Crippen LogP contribution in [0.2, 0.25) is 0 Å². The number of methoxy groups -OCH3 is 2. The van der Waals surface area contributed by atoms with Gasteiger partial charge in [-0.3, -0.25) is 0 Å². The van der Waals surface area contributed by atoms with Crippen LogP contribution >= 0.6 is 15.9 Å². The Balaban J connectivity index is 3.46. The zero-order chi connectivity index (χ0) is 12.3. The molecular formula is C10H9BrF2O3. The molecule has 0 unspecified atom stereocenters. The van der Waals surface area contributed by atoms with E-state index in [0.29, 0.717) is 0 Å². The minimum Gasteiger partial charge on any atom is -0.494 e. The number of halogens is 3. The molecule has 88 valence electrons. The van der Waals surface area contributed by atoms with Crippen LogP contribution in [0, 0.1) is 11.6 Å². The van der Waals surface area contributed by atoms with Gasteiger partial charge < -0.3 is 9.47 Å². The van der Waals surface area contributed by atoms with Crippen molar-refractivity contribution in [3.8, 4) is 5.75 Å². The van der Waals surface area contributed by atoms with Crippen molar-refractivity contribution in [1.29, 1.82) is 0 Å². The van der Waals surface area contributed by atoms with Gasteiger partial charge in [0.05, 0.1) is 19.8 Å². The molecule has 0 saturated carbocycles. The SMILES string of the molecule is COC(=O)c1cc(OC)c(F)c(CBr)c1F. The predicted octanol–water partition coefficient (Wildman–Crippen LogP) is 2.65. The van der Waals surface area contributed by atoms with Gasteiger partial charge in [-0.15, -0.1) is 0 Å². The lowest BCUT2D eigenvalue weighted by Gasteiger charge is -2.10. The summed E-state index contributed by atoms with van der Waals surface area (Å²) in [5.41, 5.74) is -0.616. The summed E-state index contributed by atoms with van der Waals surface area (Å²) in [6.07, 6.45) is 0. The van der Waals surface area contributed by atoms with Crippen molar-refractivity contribution >= 4 is 21.9 Å². The molecule has 0 saturated heterocycles. The van der Waals surface area contributed by atoms with Crippen molar-refractivity contribution < 1.29 is 23.0 Å². The van der Waals surface area contributed by atoms with E-state index in [1.165, 1.54) is 7.11 Å². The summed E-state index contributed by atoms with van der Waals surface area (Å²) in [6.45, 7) is 0. The second kappa shape index (κ2) is 5.25. The van der Waals surface area contributed by atoms with Gasteiger partial charge in [0, 0.05) is 17.0 Å². The third-order valence-corrected chi connectivity index (χ3v) is 2.58. The number of carbonyl (C=O) groups excluding carboxylic acids is 1. The average Bonchev–Trinajstić information content (AvgIpc) is 2.29. The number of hydrogen-bond donors (Lipinski definition) is 0. The van der Waals surface area contributed by atoms with Gasteiger partial charge >= 0.3 is 5.97 Å². The molecule has 0 atom stereocenters. The summed E-state index contributed by atoms with van der Waals surface area (Å²) in [4.78, 5) is 11.2. The predicted molar refractivity (Wildman–Crippen MR) is 56.9 cm³/mol. The molecule has 0 radical (unpaired) electrons. The maximum atomic E-state index is 13.7. The quantitative estimate of drug-likeness (QED) is 0.635. The van der Waals surface area contributed by atoms with Crippen LogP contribution in [-0.2, 0) is 10.1 Å². The number of carbonyl (C=O) groups is 1. The molecule has 0 aromatic heterocycles. The van der Waals surface area contributed by atoms with Gasteiger partial charge in [-0.1, -0.05) is 15.9 Å². The van der Waals surface area contributed by atoms with Crippen LogP contribution in [0.5, 0.6) is 5.75 Å².